The van der Waals surface area contributed by atoms with Crippen molar-refractivity contribution in [2.75, 3.05) is 13.1 Å². The van der Waals surface area contributed by atoms with Gasteiger partial charge in [0.25, 0.3) is 0 Å². The first-order valence-electron chi connectivity index (χ1n) is 11.1. The minimum atomic E-state index is -0.919. The number of benzene rings is 1. The molecule has 2 aromatic rings. The molecule has 3 unspecified atom stereocenters. The number of halogens is 2. The number of Topliss-reactive ketones (excluding diaryl/α,β-unsaturated/α-hetero) is 1. The Hall–Kier alpha value is -2.16. The minimum absolute atomic E-state index is 0. The van der Waals surface area contributed by atoms with Crippen LogP contribution in [0.25, 0.3) is 6.08 Å². The standard InChI is InChI=1S/C24H28FN3O3S.ClH/c1-2-20(24(30)31)28-13-15(12-26-28)11-17-14-27(10-9-21(17)32)22(23(29)16-7-8-16)18-5-3-4-6-19(18)25;/h3-6,11-13,16,20-22,32H,2,7-10,14H2,1H3,(H,30,31);1H/b17-11+;. The van der Waals surface area contributed by atoms with Crippen molar-refractivity contribution in [3.63, 3.8) is 0 Å². The Morgan fingerprint density at radius 1 is 1.30 bits per heavy atom. The molecule has 6 nitrogen and oxygen atoms in total. The summed E-state index contributed by atoms with van der Waals surface area (Å²) in [6.45, 7) is 2.95. The lowest BCUT2D eigenvalue weighted by molar-refractivity contribution is -0.141. The number of thiol groups is 1. The molecule has 2 fully saturated rings. The summed E-state index contributed by atoms with van der Waals surface area (Å²) in [5.74, 6) is -1.17. The molecule has 1 aromatic carbocycles. The molecule has 2 aliphatic rings. The van der Waals surface area contributed by atoms with Crippen molar-refractivity contribution in [3.8, 4) is 0 Å². The van der Waals surface area contributed by atoms with E-state index in [0.29, 0.717) is 25.1 Å². The van der Waals surface area contributed by atoms with Crippen LogP contribution in [-0.2, 0) is 9.59 Å². The van der Waals surface area contributed by atoms with Gasteiger partial charge in [0.2, 0.25) is 0 Å². The van der Waals surface area contributed by atoms with Gasteiger partial charge in [0, 0.05) is 41.6 Å². The fraction of sp³-hybridized carbons (Fsp3) is 0.458. The lowest BCUT2D eigenvalue weighted by Crippen LogP contribution is -2.42. The average Bonchev–Trinajstić information content (AvgIpc) is 3.52. The van der Waals surface area contributed by atoms with Gasteiger partial charge >= 0.3 is 5.97 Å². The average molecular weight is 494 g/mol. The van der Waals surface area contributed by atoms with Crippen molar-refractivity contribution < 1.29 is 19.1 Å². The van der Waals surface area contributed by atoms with E-state index in [-0.39, 0.29) is 35.2 Å². The summed E-state index contributed by atoms with van der Waals surface area (Å²) in [6.07, 6.45) is 8.23. The van der Waals surface area contributed by atoms with Gasteiger partial charge in [0.05, 0.1) is 12.2 Å². The number of aromatic nitrogens is 2. The van der Waals surface area contributed by atoms with Crippen molar-refractivity contribution in [2.45, 2.75) is 49.9 Å². The Labute approximate surface area is 204 Å². The fourth-order valence-corrected chi connectivity index (χ4v) is 4.63. The summed E-state index contributed by atoms with van der Waals surface area (Å²) in [6, 6.07) is 5.21. The van der Waals surface area contributed by atoms with Crippen LogP contribution in [0, 0.1) is 11.7 Å². The number of hydrogen-bond donors (Lipinski definition) is 2. The number of carboxylic acid groups (broad SMARTS) is 1. The molecule has 0 spiro atoms. The zero-order valence-corrected chi connectivity index (χ0v) is 20.1. The topological polar surface area (TPSA) is 75.4 Å². The zero-order chi connectivity index (χ0) is 22.8. The van der Waals surface area contributed by atoms with Gasteiger partial charge in [-0.05, 0) is 37.3 Å². The molecule has 0 radical (unpaired) electrons. The highest BCUT2D eigenvalue weighted by atomic mass is 35.5. The monoisotopic (exact) mass is 493 g/mol. The second-order valence-corrected chi connectivity index (χ2v) is 9.23. The van der Waals surface area contributed by atoms with Gasteiger partial charge in [-0.15, -0.1) is 12.4 Å². The first kappa shape index (κ1) is 25.5. The molecular weight excluding hydrogens is 465 g/mol. The van der Waals surface area contributed by atoms with Crippen LogP contribution in [0.4, 0.5) is 4.39 Å². The summed E-state index contributed by atoms with van der Waals surface area (Å²) in [5.41, 5.74) is 2.23. The Morgan fingerprint density at radius 3 is 2.67 bits per heavy atom. The molecular formula is C24H29ClFN3O3S. The van der Waals surface area contributed by atoms with Crippen molar-refractivity contribution in [3.05, 3.63) is 59.2 Å². The number of likely N-dealkylation sites (tertiary alicyclic amines) is 1. The third-order valence-electron chi connectivity index (χ3n) is 6.28. The molecule has 1 aliphatic carbocycles. The Morgan fingerprint density at radius 2 is 2.03 bits per heavy atom. The van der Waals surface area contributed by atoms with Crippen molar-refractivity contribution >= 4 is 42.9 Å². The van der Waals surface area contributed by atoms with E-state index >= 15 is 0 Å². The Kier molecular flexibility index (Phi) is 8.37. The van der Waals surface area contributed by atoms with Crippen LogP contribution in [0.2, 0.25) is 0 Å². The van der Waals surface area contributed by atoms with Crippen LogP contribution in [0.3, 0.4) is 0 Å². The van der Waals surface area contributed by atoms with Gasteiger partial charge in [0.15, 0.2) is 5.78 Å². The molecule has 0 amide bonds. The second-order valence-electron chi connectivity index (χ2n) is 8.61. The normalized spacial score (nSPS) is 21.9. The van der Waals surface area contributed by atoms with Gasteiger partial charge in [-0.2, -0.15) is 17.7 Å². The van der Waals surface area contributed by atoms with E-state index in [1.54, 1.807) is 37.5 Å². The molecule has 4 rings (SSSR count). The molecule has 178 valence electrons. The predicted molar refractivity (Wildman–Crippen MR) is 130 cm³/mol. The highest BCUT2D eigenvalue weighted by Gasteiger charge is 2.40. The van der Waals surface area contributed by atoms with E-state index < -0.39 is 18.1 Å². The van der Waals surface area contributed by atoms with E-state index in [2.05, 4.69) is 5.10 Å². The zero-order valence-electron chi connectivity index (χ0n) is 18.4. The van der Waals surface area contributed by atoms with Gasteiger partial charge in [-0.1, -0.05) is 31.2 Å². The van der Waals surface area contributed by atoms with E-state index in [4.69, 9.17) is 12.6 Å². The van der Waals surface area contributed by atoms with Crippen LogP contribution in [0.5, 0.6) is 0 Å². The third-order valence-corrected chi connectivity index (χ3v) is 6.87. The maximum atomic E-state index is 14.7. The number of hydrogen-bond acceptors (Lipinski definition) is 5. The van der Waals surface area contributed by atoms with Crippen LogP contribution in [-0.4, -0.2) is 49.9 Å². The summed E-state index contributed by atoms with van der Waals surface area (Å²) in [7, 11) is 0. The number of nitrogens with zero attached hydrogens (tertiary/aromatic N) is 3. The quantitative estimate of drug-likeness (QED) is 0.526. The molecule has 2 heterocycles. The van der Waals surface area contributed by atoms with Crippen molar-refractivity contribution in [1.82, 2.24) is 14.7 Å². The van der Waals surface area contributed by atoms with Crippen molar-refractivity contribution in [1.29, 1.82) is 0 Å². The summed E-state index contributed by atoms with van der Waals surface area (Å²) >= 11 is 4.73. The van der Waals surface area contributed by atoms with E-state index in [0.717, 1.165) is 30.4 Å². The van der Waals surface area contributed by atoms with E-state index in [1.165, 1.54) is 10.7 Å². The largest absolute Gasteiger partial charge is 0.480 e. The molecule has 1 saturated heterocycles. The summed E-state index contributed by atoms with van der Waals surface area (Å²) in [5, 5.41) is 13.6. The number of aliphatic carboxylic acids is 1. The van der Waals surface area contributed by atoms with E-state index in [9.17, 15) is 19.1 Å². The van der Waals surface area contributed by atoms with Crippen LogP contribution in [0.1, 0.15) is 55.8 Å². The highest BCUT2D eigenvalue weighted by Crippen LogP contribution is 2.39. The number of piperidine rings is 1. The lowest BCUT2D eigenvalue weighted by Gasteiger charge is -2.37. The summed E-state index contributed by atoms with van der Waals surface area (Å²) in [4.78, 5) is 26.6. The molecule has 0 bridgehead atoms. The van der Waals surface area contributed by atoms with E-state index in [1.807, 2.05) is 11.0 Å². The van der Waals surface area contributed by atoms with Gasteiger partial charge in [0.1, 0.15) is 11.9 Å². The van der Waals surface area contributed by atoms with Gasteiger partial charge in [-0.25, -0.2) is 9.18 Å². The van der Waals surface area contributed by atoms with Gasteiger partial charge < -0.3 is 5.11 Å². The number of rotatable bonds is 8. The third kappa shape index (κ3) is 5.67. The second kappa shape index (κ2) is 10.8. The van der Waals surface area contributed by atoms with Gasteiger partial charge in [-0.3, -0.25) is 14.4 Å². The van der Waals surface area contributed by atoms with Crippen LogP contribution in [0.15, 0.2) is 42.2 Å². The molecule has 33 heavy (non-hydrogen) atoms. The number of ketones is 1. The Balaban J connectivity index is 0.00000306. The SMILES string of the molecule is CCC(C(=O)O)n1cc(/C=C2\CN(C(C(=O)C3CC3)c3ccccc3F)CCC2S)cn1.Cl. The fourth-order valence-electron chi connectivity index (χ4n) is 4.36. The van der Waals surface area contributed by atoms with Crippen LogP contribution >= 0.6 is 25.0 Å². The Bertz CT molecular complexity index is 1040. The molecule has 1 saturated carbocycles. The lowest BCUT2D eigenvalue weighted by atomic mass is 9.93. The molecule has 9 heteroatoms. The maximum Gasteiger partial charge on any atom is 0.328 e. The molecule has 1 aliphatic heterocycles. The molecule has 3 atom stereocenters. The number of carboxylic acids is 1. The number of carbonyl (C=O) groups excluding carboxylic acids is 1. The first-order valence-corrected chi connectivity index (χ1v) is 11.6. The number of carbonyl (C=O) groups is 2. The minimum Gasteiger partial charge on any atom is -0.480 e. The molecule has 1 N–H and O–H groups in total. The predicted octanol–water partition coefficient (Wildman–Crippen LogP) is 4.59. The van der Waals surface area contributed by atoms with Crippen LogP contribution < -0.4 is 0 Å². The van der Waals surface area contributed by atoms with Crippen molar-refractivity contribution in [2.24, 2.45) is 5.92 Å². The molecule has 1 aromatic heterocycles. The smallest absolute Gasteiger partial charge is 0.328 e. The summed E-state index contributed by atoms with van der Waals surface area (Å²) < 4.78 is 16.1. The first-order chi connectivity index (χ1) is 15.4. The highest BCUT2D eigenvalue weighted by molar-refractivity contribution is 7.81. The maximum absolute atomic E-state index is 14.7.